The highest BCUT2D eigenvalue weighted by atomic mass is 32.1. The van der Waals surface area contributed by atoms with Crippen molar-refractivity contribution in [2.75, 3.05) is 0 Å². The van der Waals surface area contributed by atoms with Crippen molar-refractivity contribution in [1.82, 2.24) is 15.6 Å². The molecule has 0 unspecified atom stereocenters. The molecule has 0 saturated heterocycles. The molecule has 2 atom stereocenters. The molecule has 0 saturated carbocycles. The van der Waals surface area contributed by atoms with E-state index in [4.69, 9.17) is 0 Å². The fourth-order valence-electron chi connectivity index (χ4n) is 2.70. The standard InChI is InChI=1S/C16H19N3O2S/c1-2-14-18-11(9-22-14)8-17-16(21)19-15-12-6-4-3-5-10(12)7-13(15)20/h3-6,9,13,15,20H,2,7-8H2,1H3,(H2,17,19,21)/t13-,15+/m1/s1. The second kappa shape index (κ2) is 6.46. The smallest absolute Gasteiger partial charge is 0.315 e. The summed E-state index contributed by atoms with van der Waals surface area (Å²) in [6.45, 7) is 2.45. The van der Waals surface area contributed by atoms with Crippen LogP contribution in [0, 0.1) is 0 Å². The van der Waals surface area contributed by atoms with E-state index >= 15 is 0 Å². The molecule has 1 aliphatic rings. The van der Waals surface area contributed by atoms with E-state index in [1.807, 2.05) is 29.6 Å². The molecule has 1 aromatic carbocycles. The van der Waals surface area contributed by atoms with Crippen molar-refractivity contribution in [2.45, 2.75) is 38.5 Å². The van der Waals surface area contributed by atoms with Gasteiger partial charge in [0.05, 0.1) is 29.4 Å². The quantitative estimate of drug-likeness (QED) is 0.809. The monoisotopic (exact) mass is 317 g/mol. The summed E-state index contributed by atoms with van der Waals surface area (Å²) in [6, 6.07) is 7.17. The van der Waals surface area contributed by atoms with E-state index in [1.54, 1.807) is 11.3 Å². The highest BCUT2D eigenvalue weighted by Gasteiger charge is 2.31. The summed E-state index contributed by atoms with van der Waals surface area (Å²) in [5.74, 6) is 0. The van der Waals surface area contributed by atoms with Crippen LogP contribution in [-0.4, -0.2) is 22.2 Å². The van der Waals surface area contributed by atoms with Crippen molar-refractivity contribution in [2.24, 2.45) is 0 Å². The highest BCUT2D eigenvalue weighted by molar-refractivity contribution is 7.09. The van der Waals surface area contributed by atoms with E-state index < -0.39 is 6.10 Å². The molecule has 5 nitrogen and oxygen atoms in total. The molecular formula is C16H19N3O2S. The molecule has 1 aromatic heterocycles. The average molecular weight is 317 g/mol. The Morgan fingerprint density at radius 2 is 2.27 bits per heavy atom. The maximum absolute atomic E-state index is 12.0. The highest BCUT2D eigenvalue weighted by Crippen LogP contribution is 2.31. The Balaban J connectivity index is 1.58. The minimum atomic E-state index is -0.575. The van der Waals surface area contributed by atoms with Crippen molar-refractivity contribution >= 4 is 17.4 Å². The lowest BCUT2D eigenvalue weighted by atomic mass is 10.1. The topological polar surface area (TPSA) is 74.2 Å². The van der Waals surface area contributed by atoms with E-state index in [-0.39, 0.29) is 12.1 Å². The number of thiazole rings is 1. The van der Waals surface area contributed by atoms with Gasteiger partial charge in [-0.05, 0) is 17.5 Å². The normalized spacial score (nSPS) is 19.7. The number of carbonyl (C=O) groups excluding carboxylic acids is 1. The molecule has 0 aliphatic heterocycles. The first-order chi connectivity index (χ1) is 10.7. The third-order valence-electron chi connectivity index (χ3n) is 3.82. The molecule has 2 aromatic rings. The van der Waals surface area contributed by atoms with Gasteiger partial charge in [-0.1, -0.05) is 31.2 Å². The van der Waals surface area contributed by atoms with Gasteiger partial charge in [-0.3, -0.25) is 0 Å². The van der Waals surface area contributed by atoms with Gasteiger partial charge in [0, 0.05) is 11.8 Å². The first-order valence-electron chi connectivity index (χ1n) is 7.41. The van der Waals surface area contributed by atoms with Crippen LogP contribution in [0.3, 0.4) is 0 Å². The Bertz CT molecular complexity index is 671. The summed E-state index contributed by atoms with van der Waals surface area (Å²) in [5, 5.41) is 18.8. The van der Waals surface area contributed by atoms with E-state index in [0.717, 1.165) is 28.2 Å². The summed E-state index contributed by atoms with van der Waals surface area (Å²) < 4.78 is 0. The number of carbonyl (C=O) groups is 1. The van der Waals surface area contributed by atoms with Gasteiger partial charge >= 0.3 is 6.03 Å². The Morgan fingerprint density at radius 1 is 1.45 bits per heavy atom. The molecule has 0 radical (unpaired) electrons. The number of nitrogens with one attached hydrogen (secondary N) is 2. The lowest BCUT2D eigenvalue weighted by molar-refractivity contribution is 0.142. The van der Waals surface area contributed by atoms with Gasteiger partial charge in [0.2, 0.25) is 0 Å². The molecule has 2 amide bonds. The molecule has 1 aliphatic carbocycles. The van der Waals surface area contributed by atoms with Crippen LogP contribution >= 0.6 is 11.3 Å². The molecule has 1 heterocycles. The maximum atomic E-state index is 12.0. The zero-order valence-corrected chi connectivity index (χ0v) is 13.2. The number of rotatable bonds is 4. The summed E-state index contributed by atoms with van der Waals surface area (Å²) in [5.41, 5.74) is 2.95. The number of urea groups is 1. The molecule has 0 fully saturated rings. The zero-order valence-electron chi connectivity index (χ0n) is 12.4. The van der Waals surface area contributed by atoms with Crippen molar-refractivity contribution in [3.63, 3.8) is 0 Å². The molecule has 0 spiro atoms. The van der Waals surface area contributed by atoms with Crippen LogP contribution in [0.25, 0.3) is 0 Å². The van der Waals surface area contributed by atoms with Crippen molar-refractivity contribution in [1.29, 1.82) is 0 Å². The third-order valence-corrected chi connectivity index (χ3v) is 4.86. The second-order valence-corrected chi connectivity index (χ2v) is 6.30. The second-order valence-electron chi connectivity index (χ2n) is 5.36. The van der Waals surface area contributed by atoms with Crippen LogP contribution in [0.2, 0.25) is 0 Å². The number of hydrogen-bond donors (Lipinski definition) is 3. The van der Waals surface area contributed by atoms with E-state index in [2.05, 4.69) is 22.5 Å². The van der Waals surface area contributed by atoms with Crippen molar-refractivity contribution in [3.05, 3.63) is 51.5 Å². The summed E-state index contributed by atoms with van der Waals surface area (Å²) in [7, 11) is 0. The number of benzene rings is 1. The van der Waals surface area contributed by atoms with Gasteiger partial charge < -0.3 is 15.7 Å². The molecule has 3 rings (SSSR count). The lowest BCUT2D eigenvalue weighted by Gasteiger charge is -2.18. The number of aliphatic hydroxyl groups is 1. The van der Waals surface area contributed by atoms with Crippen molar-refractivity contribution < 1.29 is 9.90 Å². The SMILES string of the molecule is CCc1nc(CNC(=O)N[C@H]2c3ccccc3C[C@H]2O)cs1. The summed E-state index contributed by atoms with van der Waals surface area (Å²) in [6.07, 6.45) is 0.906. The lowest BCUT2D eigenvalue weighted by Crippen LogP contribution is -2.40. The van der Waals surface area contributed by atoms with Crippen LogP contribution in [0.4, 0.5) is 4.79 Å². The number of amides is 2. The van der Waals surface area contributed by atoms with Crippen LogP contribution in [0.1, 0.15) is 34.8 Å². The number of hydrogen-bond acceptors (Lipinski definition) is 4. The first-order valence-corrected chi connectivity index (χ1v) is 8.29. The number of aryl methyl sites for hydroxylation is 1. The van der Waals surface area contributed by atoms with E-state index in [1.165, 1.54) is 0 Å². The summed E-state index contributed by atoms with van der Waals surface area (Å²) in [4.78, 5) is 16.5. The molecule has 0 bridgehead atoms. The molecule has 116 valence electrons. The van der Waals surface area contributed by atoms with Gasteiger partial charge in [0.1, 0.15) is 0 Å². The third kappa shape index (κ3) is 3.13. The molecule has 3 N–H and O–H groups in total. The largest absolute Gasteiger partial charge is 0.390 e. The van der Waals surface area contributed by atoms with Crippen molar-refractivity contribution in [3.8, 4) is 0 Å². The molecular weight excluding hydrogens is 298 g/mol. The minimum absolute atomic E-state index is 0.285. The van der Waals surface area contributed by atoms with E-state index in [0.29, 0.717) is 13.0 Å². The van der Waals surface area contributed by atoms with Crippen LogP contribution in [-0.2, 0) is 19.4 Å². The Kier molecular flexibility index (Phi) is 4.40. The van der Waals surface area contributed by atoms with Crippen LogP contribution < -0.4 is 10.6 Å². The van der Waals surface area contributed by atoms with Gasteiger partial charge in [0.15, 0.2) is 0 Å². The number of aromatic nitrogens is 1. The fraction of sp³-hybridized carbons (Fsp3) is 0.375. The van der Waals surface area contributed by atoms with Crippen LogP contribution in [0.15, 0.2) is 29.6 Å². The first kappa shape index (κ1) is 15.0. The fourth-order valence-corrected chi connectivity index (χ4v) is 3.45. The Labute approximate surface area is 133 Å². The molecule has 6 heteroatoms. The summed E-state index contributed by atoms with van der Waals surface area (Å²) >= 11 is 1.60. The van der Waals surface area contributed by atoms with Gasteiger partial charge in [-0.25, -0.2) is 9.78 Å². The predicted octanol–water partition coefficient (Wildman–Crippen LogP) is 2.16. The Hall–Kier alpha value is -1.92. The maximum Gasteiger partial charge on any atom is 0.315 e. The minimum Gasteiger partial charge on any atom is -0.390 e. The van der Waals surface area contributed by atoms with Gasteiger partial charge in [0.25, 0.3) is 0 Å². The Morgan fingerprint density at radius 3 is 3.05 bits per heavy atom. The van der Waals surface area contributed by atoms with Gasteiger partial charge in [-0.15, -0.1) is 11.3 Å². The molecule has 22 heavy (non-hydrogen) atoms. The zero-order chi connectivity index (χ0) is 15.5. The van der Waals surface area contributed by atoms with E-state index in [9.17, 15) is 9.90 Å². The number of nitrogens with zero attached hydrogens (tertiary/aromatic N) is 1. The predicted molar refractivity (Wildman–Crippen MR) is 85.8 cm³/mol. The van der Waals surface area contributed by atoms with Gasteiger partial charge in [-0.2, -0.15) is 0 Å². The average Bonchev–Trinajstić information content (AvgIpc) is 3.10. The number of aliphatic hydroxyl groups excluding tert-OH is 1. The number of fused-ring (bicyclic) bond motifs is 1. The van der Waals surface area contributed by atoms with Crippen LogP contribution in [0.5, 0.6) is 0 Å².